The third kappa shape index (κ3) is 3.10. The highest BCUT2D eigenvalue weighted by molar-refractivity contribution is 9.10. The van der Waals surface area contributed by atoms with Crippen molar-refractivity contribution in [1.29, 1.82) is 0 Å². The molecule has 1 N–H and O–H groups in total. The zero-order valence-electron chi connectivity index (χ0n) is 14.5. The molecule has 1 aromatic rings. The molecule has 0 radical (unpaired) electrons. The number of ether oxygens (including phenoxy) is 1. The lowest BCUT2D eigenvalue weighted by Crippen LogP contribution is -2.56. The van der Waals surface area contributed by atoms with Crippen LogP contribution in [0.25, 0.3) is 0 Å². The minimum absolute atomic E-state index is 0.0331. The van der Waals surface area contributed by atoms with E-state index in [0.717, 1.165) is 33.2 Å². The number of amides is 1. The van der Waals surface area contributed by atoms with Crippen LogP contribution < -0.4 is 10.1 Å². The average Bonchev–Trinajstić information content (AvgIpc) is 2.53. The van der Waals surface area contributed by atoms with Gasteiger partial charge < -0.3 is 10.1 Å². The molecular weight excluding hydrogens is 366 g/mol. The fourth-order valence-electron chi connectivity index (χ4n) is 5.53. The molecule has 4 saturated carbocycles. The highest BCUT2D eigenvalue weighted by Crippen LogP contribution is 2.53. The summed E-state index contributed by atoms with van der Waals surface area (Å²) in [6, 6.07) is 4.35. The molecule has 0 unspecified atom stereocenters. The standard InChI is InChI=1S/C20H26BrNO2/c1-11-3-17(4-12(2)19(11)21)24-10-18(23)22-20-15-6-13-5-14(8-15)9-16(20)7-13/h3-4,13-16,20H,5-10H2,1-2H3,(H,22,23). The number of aryl methyl sites for hydroxylation is 2. The van der Waals surface area contributed by atoms with Crippen LogP contribution in [0.1, 0.15) is 43.2 Å². The van der Waals surface area contributed by atoms with Crippen molar-refractivity contribution in [3.8, 4) is 5.75 Å². The molecular formula is C20H26BrNO2. The highest BCUT2D eigenvalue weighted by atomic mass is 79.9. The minimum atomic E-state index is 0.0331. The maximum Gasteiger partial charge on any atom is 0.258 e. The molecule has 4 aliphatic rings. The van der Waals surface area contributed by atoms with Gasteiger partial charge in [0.1, 0.15) is 5.75 Å². The second-order valence-corrected chi connectivity index (χ2v) is 8.98. The Balaban J connectivity index is 1.34. The zero-order chi connectivity index (χ0) is 16.8. The number of benzene rings is 1. The van der Waals surface area contributed by atoms with E-state index in [1.807, 2.05) is 26.0 Å². The molecule has 0 spiro atoms. The summed E-state index contributed by atoms with van der Waals surface area (Å²) < 4.78 is 6.85. The lowest BCUT2D eigenvalue weighted by Gasteiger charge is -2.54. The van der Waals surface area contributed by atoms with Crippen LogP contribution >= 0.6 is 15.9 Å². The Morgan fingerprint density at radius 1 is 1.08 bits per heavy atom. The van der Waals surface area contributed by atoms with Crippen LogP contribution in [0, 0.1) is 37.5 Å². The van der Waals surface area contributed by atoms with Gasteiger partial charge in [-0.2, -0.15) is 0 Å². The van der Waals surface area contributed by atoms with Gasteiger partial charge in [-0.05, 0) is 92.9 Å². The molecule has 4 aliphatic carbocycles. The van der Waals surface area contributed by atoms with E-state index < -0.39 is 0 Å². The van der Waals surface area contributed by atoms with Gasteiger partial charge in [-0.25, -0.2) is 0 Å². The van der Waals surface area contributed by atoms with Gasteiger partial charge >= 0.3 is 0 Å². The number of hydrogen-bond acceptors (Lipinski definition) is 2. The quantitative estimate of drug-likeness (QED) is 0.826. The second kappa shape index (κ2) is 6.36. The highest BCUT2D eigenvalue weighted by Gasteiger charge is 2.48. The molecule has 0 saturated heterocycles. The Morgan fingerprint density at radius 3 is 2.17 bits per heavy atom. The number of carbonyl (C=O) groups is 1. The Bertz CT molecular complexity index is 606. The van der Waals surface area contributed by atoms with Gasteiger partial charge in [-0.15, -0.1) is 0 Å². The van der Waals surface area contributed by atoms with Crippen LogP contribution in [-0.4, -0.2) is 18.6 Å². The molecule has 1 amide bonds. The van der Waals surface area contributed by atoms with Gasteiger partial charge in [0.15, 0.2) is 6.61 Å². The molecule has 0 aliphatic heterocycles. The number of halogens is 1. The van der Waals surface area contributed by atoms with Crippen molar-refractivity contribution < 1.29 is 9.53 Å². The van der Waals surface area contributed by atoms with E-state index in [0.29, 0.717) is 17.9 Å². The van der Waals surface area contributed by atoms with Crippen molar-refractivity contribution in [3.63, 3.8) is 0 Å². The number of hydrogen-bond donors (Lipinski definition) is 1. The summed E-state index contributed by atoms with van der Waals surface area (Å²) in [5, 5.41) is 3.30. The lowest BCUT2D eigenvalue weighted by molar-refractivity contribution is -0.127. The Morgan fingerprint density at radius 2 is 1.62 bits per heavy atom. The van der Waals surface area contributed by atoms with Crippen molar-refractivity contribution in [1.82, 2.24) is 5.32 Å². The first-order valence-electron chi connectivity index (χ1n) is 9.18. The predicted octanol–water partition coefficient (Wildman–Crippen LogP) is 4.39. The van der Waals surface area contributed by atoms with Gasteiger partial charge in [-0.1, -0.05) is 15.9 Å². The summed E-state index contributed by atoms with van der Waals surface area (Å²) in [6.07, 6.45) is 6.74. The van der Waals surface area contributed by atoms with Crippen LogP contribution in [0.4, 0.5) is 0 Å². The number of rotatable bonds is 4. The maximum atomic E-state index is 12.4. The van der Waals surface area contributed by atoms with Gasteiger partial charge in [0, 0.05) is 10.5 Å². The maximum absolute atomic E-state index is 12.4. The number of nitrogens with one attached hydrogen (secondary N) is 1. The van der Waals surface area contributed by atoms with Crippen molar-refractivity contribution in [3.05, 3.63) is 27.7 Å². The van der Waals surface area contributed by atoms with Crippen LogP contribution in [0.15, 0.2) is 16.6 Å². The molecule has 24 heavy (non-hydrogen) atoms. The fraction of sp³-hybridized carbons (Fsp3) is 0.650. The third-order valence-corrected chi connectivity index (χ3v) is 7.59. The van der Waals surface area contributed by atoms with E-state index in [2.05, 4.69) is 21.2 Å². The molecule has 0 heterocycles. The second-order valence-electron chi connectivity index (χ2n) is 8.18. The summed E-state index contributed by atoms with van der Waals surface area (Å²) >= 11 is 3.56. The normalized spacial score (nSPS) is 33.5. The van der Waals surface area contributed by atoms with E-state index in [4.69, 9.17) is 4.74 Å². The topological polar surface area (TPSA) is 38.3 Å². The van der Waals surface area contributed by atoms with Gasteiger partial charge in [-0.3, -0.25) is 4.79 Å². The van der Waals surface area contributed by atoms with Crippen LogP contribution in [0.2, 0.25) is 0 Å². The summed E-state index contributed by atoms with van der Waals surface area (Å²) in [6.45, 7) is 4.19. The van der Waals surface area contributed by atoms with Crippen LogP contribution in [0.3, 0.4) is 0 Å². The molecule has 0 aromatic heterocycles. The summed E-state index contributed by atoms with van der Waals surface area (Å²) in [5.74, 6) is 4.10. The van der Waals surface area contributed by atoms with E-state index in [-0.39, 0.29) is 12.5 Å². The smallest absolute Gasteiger partial charge is 0.258 e. The minimum Gasteiger partial charge on any atom is -0.484 e. The first-order valence-corrected chi connectivity index (χ1v) is 9.97. The molecule has 3 nitrogen and oxygen atoms in total. The SMILES string of the molecule is Cc1cc(OCC(=O)NC2C3CC4CC(C3)CC2C4)cc(C)c1Br. The predicted molar refractivity (Wildman–Crippen MR) is 98.1 cm³/mol. The van der Waals surface area contributed by atoms with Crippen molar-refractivity contribution in [2.24, 2.45) is 23.7 Å². The van der Waals surface area contributed by atoms with Crippen molar-refractivity contribution >= 4 is 21.8 Å². The van der Waals surface area contributed by atoms with Gasteiger partial charge in [0.05, 0.1) is 0 Å². The number of carbonyl (C=O) groups excluding carboxylic acids is 1. The summed E-state index contributed by atoms with van der Waals surface area (Å²) in [4.78, 5) is 12.4. The van der Waals surface area contributed by atoms with Crippen LogP contribution in [0.5, 0.6) is 5.75 Å². The zero-order valence-corrected chi connectivity index (χ0v) is 16.1. The molecule has 0 atom stereocenters. The van der Waals surface area contributed by atoms with Crippen molar-refractivity contribution in [2.75, 3.05) is 6.61 Å². The van der Waals surface area contributed by atoms with E-state index in [1.54, 1.807) is 0 Å². The Hall–Kier alpha value is -1.03. The summed E-state index contributed by atoms with van der Waals surface area (Å²) in [5.41, 5.74) is 2.26. The van der Waals surface area contributed by atoms with E-state index >= 15 is 0 Å². The first kappa shape index (κ1) is 16.4. The van der Waals surface area contributed by atoms with Crippen molar-refractivity contribution in [2.45, 2.75) is 52.0 Å². The molecule has 4 heteroatoms. The van der Waals surface area contributed by atoms with Gasteiger partial charge in [0.2, 0.25) is 0 Å². The Labute approximate surface area is 152 Å². The van der Waals surface area contributed by atoms with Gasteiger partial charge in [0.25, 0.3) is 5.91 Å². The third-order valence-electron chi connectivity index (χ3n) is 6.33. The largest absolute Gasteiger partial charge is 0.484 e. The molecule has 4 fully saturated rings. The van der Waals surface area contributed by atoms with E-state index in [9.17, 15) is 4.79 Å². The summed E-state index contributed by atoms with van der Waals surface area (Å²) in [7, 11) is 0. The monoisotopic (exact) mass is 391 g/mol. The first-order chi connectivity index (χ1) is 11.5. The lowest BCUT2D eigenvalue weighted by atomic mass is 9.54. The van der Waals surface area contributed by atoms with E-state index in [1.165, 1.54) is 32.1 Å². The van der Waals surface area contributed by atoms with Crippen LogP contribution in [-0.2, 0) is 4.79 Å². The Kier molecular flexibility index (Phi) is 4.36. The fourth-order valence-corrected chi connectivity index (χ4v) is 5.76. The molecule has 130 valence electrons. The average molecular weight is 392 g/mol. The molecule has 5 rings (SSSR count). The molecule has 4 bridgehead atoms. The molecule has 1 aromatic carbocycles.